The van der Waals surface area contributed by atoms with Crippen molar-refractivity contribution in [3.05, 3.63) is 52.2 Å². The van der Waals surface area contributed by atoms with Crippen molar-refractivity contribution in [3.63, 3.8) is 0 Å². The van der Waals surface area contributed by atoms with Gasteiger partial charge in [0.1, 0.15) is 17.1 Å². The van der Waals surface area contributed by atoms with Crippen LogP contribution in [-0.2, 0) is 32.5 Å². The first-order chi connectivity index (χ1) is 13.4. The molecule has 0 aliphatic heterocycles. The van der Waals surface area contributed by atoms with Gasteiger partial charge in [-0.3, -0.25) is 4.79 Å². The lowest BCUT2D eigenvalue weighted by molar-refractivity contribution is -0.142. The van der Waals surface area contributed by atoms with E-state index in [-0.39, 0.29) is 25.3 Å². The van der Waals surface area contributed by atoms with Crippen LogP contribution >= 0.6 is 15.9 Å². The van der Waals surface area contributed by atoms with Gasteiger partial charge >= 0.3 is 5.97 Å². The molecule has 0 fully saturated rings. The lowest BCUT2D eigenvalue weighted by atomic mass is 10.0. The van der Waals surface area contributed by atoms with Crippen molar-refractivity contribution in [2.24, 2.45) is 0 Å². The zero-order valence-corrected chi connectivity index (χ0v) is 19.5. The Hall–Kier alpha value is -1.84. The third-order valence-electron chi connectivity index (χ3n) is 4.06. The number of allylic oxidation sites excluding steroid dienone is 1. The molecule has 0 aliphatic carbocycles. The van der Waals surface area contributed by atoms with Crippen LogP contribution in [0.3, 0.4) is 0 Å². The summed E-state index contributed by atoms with van der Waals surface area (Å²) in [6, 6.07) is 5.13. The molecule has 1 aromatic carbocycles. The summed E-state index contributed by atoms with van der Waals surface area (Å²) in [4.78, 5) is 12.0. The van der Waals surface area contributed by atoms with E-state index in [4.69, 9.17) is 9.47 Å². The number of halogens is 1. The predicted octanol–water partition coefficient (Wildman–Crippen LogP) is 3.74. The van der Waals surface area contributed by atoms with Gasteiger partial charge in [0.15, 0.2) is 0 Å². The molecule has 29 heavy (non-hydrogen) atoms. The maximum absolute atomic E-state index is 12.0. The minimum absolute atomic E-state index is 0.0142. The fraction of sp³-hybridized carbons (Fsp3) is 0.450. The number of aliphatic hydroxyl groups is 1. The smallest absolute Gasteiger partial charge is 0.310 e. The molecule has 1 unspecified atom stereocenters. The Labute approximate surface area is 181 Å². The molecule has 0 radical (unpaired) electrons. The van der Waals surface area contributed by atoms with Gasteiger partial charge in [-0.05, 0) is 53.9 Å². The SMILES string of the molecule is C=C(O)/C(Br)=C\C(C)(CC)Oc1cc(CNS(C)(=O)=O)ccc1CC(=O)OCC. The summed E-state index contributed by atoms with van der Waals surface area (Å²) in [7, 11) is -3.35. The number of nitrogens with one attached hydrogen (secondary N) is 1. The van der Waals surface area contributed by atoms with Crippen LogP contribution in [0.15, 0.2) is 41.1 Å². The highest BCUT2D eigenvalue weighted by atomic mass is 79.9. The fourth-order valence-corrected chi connectivity index (χ4v) is 3.25. The van der Waals surface area contributed by atoms with E-state index in [2.05, 4.69) is 27.2 Å². The molecule has 0 amide bonds. The average Bonchev–Trinajstić information content (AvgIpc) is 2.61. The highest BCUT2D eigenvalue weighted by Gasteiger charge is 2.25. The fourth-order valence-electron chi connectivity index (χ4n) is 2.34. The summed E-state index contributed by atoms with van der Waals surface area (Å²) in [5.41, 5.74) is 0.459. The second-order valence-electron chi connectivity index (χ2n) is 6.72. The van der Waals surface area contributed by atoms with Crippen LogP contribution < -0.4 is 9.46 Å². The van der Waals surface area contributed by atoms with Crippen LogP contribution in [0.25, 0.3) is 0 Å². The Morgan fingerprint density at radius 1 is 1.38 bits per heavy atom. The van der Waals surface area contributed by atoms with Gasteiger partial charge in [-0.2, -0.15) is 0 Å². The van der Waals surface area contributed by atoms with E-state index >= 15 is 0 Å². The maximum atomic E-state index is 12.0. The summed E-state index contributed by atoms with van der Waals surface area (Å²) in [6.07, 6.45) is 3.34. The predicted molar refractivity (Wildman–Crippen MR) is 117 cm³/mol. The molecule has 1 rings (SSSR count). The number of sulfonamides is 1. The normalized spacial score (nSPS) is 14.2. The standard InChI is InChI=1S/C20H28BrNO6S/c1-6-20(4,12-17(21)14(3)23)28-18-10-15(13-22-29(5,25)26)8-9-16(18)11-19(24)27-7-2/h8-10,12,22-23H,3,6-7,11,13H2,1-2,4-5H3/b17-12+. The summed E-state index contributed by atoms with van der Waals surface area (Å²) in [5.74, 6) is -0.0977. The van der Waals surface area contributed by atoms with Crippen LogP contribution in [0.5, 0.6) is 5.75 Å². The monoisotopic (exact) mass is 489 g/mol. The van der Waals surface area contributed by atoms with E-state index in [1.165, 1.54) is 0 Å². The van der Waals surface area contributed by atoms with Crippen LogP contribution in [0.1, 0.15) is 38.3 Å². The lowest BCUT2D eigenvalue weighted by Crippen LogP contribution is -2.30. The van der Waals surface area contributed by atoms with Gasteiger partial charge in [0, 0.05) is 12.1 Å². The molecule has 0 bridgehead atoms. The van der Waals surface area contributed by atoms with Crippen LogP contribution in [0.2, 0.25) is 0 Å². The van der Waals surface area contributed by atoms with E-state index < -0.39 is 21.6 Å². The Bertz CT molecular complexity index is 881. The first-order valence-corrected chi connectivity index (χ1v) is 11.7. The van der Waals surface area contributed by atoms with Crippen molar-refractivity contribution in [3.8, 4) is 5.75 Å². The zero-order chi connectivity index (χ0) is 22.2. The molecule has 0 aliphatic rings. The number of ether oxygens (including phenoxy) is 2. The van der Waals surface area contributed by atoms with Crippen molar-refractivity contribution in [1.29, 1.82) is 0 Å². The molecule has 1 aromatic rings. The van der Waals surface area contributed by atoms with Crippen LogP contribution in [0.4, 0.5) is 0 Å². The highest BCUT2D eigenvalue weighted by Crippen LogP contribution is 2.30. The molecular formula is C20H28BrNO6S. The van der Waals surface area contributed by atoms with Gasteiger partial charge < -0.3 is 14.6 Å². The second kappa shape index (κ2) is 10.8. The number of esters is 1. The third-order valence-corrected chi connectivity index (χ3v) is 5.42. The number of carbonyl (C=O) groups is 1. The lowest BCUT2D eigenvalue weighted by Gasteiger charge is -2.28. The molecule has 0 heterocycles. The Balaban J connectivity index is 3.30. The van der Waals surface area contributed by atoms with Gasteiger partial charge in [-0.25, -0.2) is 13.1 Å². The van der Waals surface area contributed by atoms with Crippen molar-refractivity contribution < 1.29 is 27.8 Å². The first-order valence-electron chi connectivity index (χ1n) is 9.06. The quantitative estimate of drug-likeness (QED) is 0.279. The largest absolute Gasteiger partial charge is 0.507 e. The van der Waals surface area contributed by atoms with E-state index in [0.717, 1.165) is 6.26 Å². The summed E-state index contributed by atoms with van der Waals surface area (Å²) >= 11 is 3.25. The molecular weight excluding hydrogens is 462 g/mol. The molecule has 0 spiro atoms. The van der Waals surface area contributed by atoms with Crippen molar-refractivity contribution >= 4 is 31.9 Å². The minimum Gasteiger partial charge on any atom is -0.507 e. The Kier molecular flexibility index (Phi) is 9.38. The van der Waals surface area contributed by atoms with E-state index in [1.807, 2.05) is 13.8 Å². The summed E-state index contributed by atoms with van der Waals surface area (Å²) in [5, 5.41) is 9.58. The number of aliphatic hydroxyl groups excluding tert-OH is 1. The van der Waals surface area contributed by atoms with Crippen molar-refractivity contribution in [1.82, 2.24) is 4.72 Å². The topological polar surface area (TPSA) is 102 Å². The van der Waals surface area contributed by atoms with Gasteiger partial charge in [0.25, 0.3) is 0 Å². The number of benzene rings is 1. The maximum Gasteiger partial charge on any atom is 0.310 e. The Morgan fingerprint density at radius 2 is 2.03 bits per heavy atom. The zero-order valence-electron chi connectivity index (χ0n) is 17.1. The molecule has 0 saturated carbocycles. The number of hydrogen-bond donors (Lipinski definition) is 2. The third kappa shape index (κ3) is 9.01. The first kappa shape index (κ1) is 25.2. The summed E-state index contributed by atoms with van der Waals surface area (Å²) in [6.45, 7) is 9.31. The second-order valence-corrected chi connectivity index (χ2v) is 9.41. The number of carbonyl (C=O) groups excluding carboxylic acids is 1. The van der Waals surface area contributed by atoms with E-state index in [9.17, 15) is 18.3 Å². The molecule has 7 nitrogen and oxygen atoms in total. The van der Waals surface area contributed by atoms with Gasteiger partial charge in [0.2, 0.25) is 10.0 Å². The molecule has 2 N–H and O–H groups in total. The molecule has 1 atom stereocenters. The number of hydrogen-bond acceptors (Lipinski definition) is 6. The summed E-state index contributed by atoms with van der Waals surface area (Å²) < 4.78 is 36.8. The van der Waals surface area contributed by atoms with Crippen LogP contribution in [0, 0.1) is 0 Å². The van der Waals surface area contributed by atoms with Crippen molar-refractivity contribution in [2.45, 2.75) is 45.8 Å². The minimum atomic E-state index is -3.35. The van der Waals surface area contributed by atoms with Gasteiger partial charge in [0.05, 0.1) is 23.8 Å². The molecule has 9 heteroatoms. The Morgan fingerprint density at radius 3 is 2.55 bits per heavy atom. The number of rotatable bonds is 11. The van der Waals surface area contributed by atoms with E-state index in [1.54, 1.807) is 31.2 Å². The molecule has 0 aromatic heterocycles. The molecule has 162 valence electrons. The highest BCUT2D eigenvalue weighted by molar-refractivity contribution is 9.11. The van der Waals surface area contributed by atoms with Crippen molar-refractivity contribution in [2.75, 3.05) is 12.9 Å². The van der Waals surface area contributed by atoms with Gasteiger partial charge in [-0.15, -0.1) is 0 Å². The van der Waals surface area contributed by atoms with Crippen LogP contribution in [-0.4, -0.2) is 38.0 Å². The van der Waals surface area contributed by atoms with E-state index in [0.29, 0.717) is 27.8 Å². The van der Waals surface area contributed by atoms with Gasteiger partial charge in [-0.1, -0.05) is 25.6 Å². The molecule has 0 saturated heterocycles. The average molecular weight is 490 g/mol.